The first-order valence-corrected chi connectivity index (χ1v) is 8.76. The normalized spacial score (nSPS) is 21.8. The molecule has 0 unspecified atom stereocenters. The number of rotatable bonds is 2. The van der Waals surface area contributed by atoms with Crippen LogP contribution in [0.5, 0.6) is 0 Å². The summed E-state index contributed by atoms with van der Waals surface area (Å²) in [6.45, 7) is 2.01. The number of nitrogens with zero attached hydrogens (tertiary/aromatic N) is 2. The van der Waals surface area contributed by atoms with E-state index in [4.69, 9.17) is 0 Å². The van der Waals surface area contributed by atoms with E-state index >= 15 is 0 Å². The van der Waals surface area contributed by atoms with E-state index in [-0.39, 0.29) is 0 Å². The highest BCUT2D eigenvalue weighted by Crippen LogP contribution is 2.53. The fraction of sp³-hybridized carbons (Fsp3) is 0.312. The number of hydrogen-bond donors (Lipinski definition) is 0. The molecular weight excluding hydrogens is 284 g/mol. The van der Waals surface area contributed by atoms with Crippen molar-refractivity contribution in [1.82, 2.24) is 4.90 Å². The Balaban J connectivity index is 1.69. The van der Waals surface area contributed by atoms with Crippen LogP contribution in [-0.4, -0.2) is 23.2 Å². The predicted octanol–water partition coefficient (Wildman–Crippen LogP) is 4.40. The maximum atomic E-state index is 4.66. The summed E-state index contributed by atoms with van der Waals surface area (Å²) in [6, 6.07) is 11.1. The third kappa shape index (κ3) is 1.61. The molecule has 2 nitrogen and oxygen atoms in total. The summed E-state index contributed by atoms with van der Waals surface area (Å²) in [5, 5.41) is 2.60. The summed E-state index contributed by atoms with van der Waals surface area (Å²) in [4.78, 5) is 10.1. The predicted molar refractivity (Wildman–Crippen MR) is 88.1 cm³/mol. The van der Waals surface area contributed by atoms with E-state index in [0.29, 0.717) is 0 Å². The van der Waals surface area contributed by atoms with Crippen molar-refractivity contribution in [2.45, 2.75) is 12.8 Å². The van der Waals surface area contributed by atoms with Gasteiger partial charge in [0.2, 0.25) is 0 Å². The first-order chi connectivity index (χ1) is 9.90. The second kappa shape index (κ2) is 4.12. The van der Waals surface area contributed by atoms with Crippen LogP contribution in [0.25, 0.3) is 15.8 Å². The zero-order chi connectivity index (χ0) is 13.1. The van der Waals surface area contributed by atoms with E-state index in [2.05, 4.69) is 40.2 Å². The van der Waals surface area contributed by atoms with Crippen LogP contribution in [0, 0.1) is 5.92 Å². The maximum absolute atomic E-state index is 4.66. The topological polar surface area (TPSA) is 15.6 Å². The average molecular weight is 298 g/mol. The molecule has 1 saturated carbocycles. The monoisotopic (exact) mass is 298 g/mol. The van der Waals surface area contributed by atoms with Gasteiger partial charge in [0.15, 0.2) is 5.17 Å². The minimum atomic E-state index is 0.800. The van der Waals surface area contributed by atoms with Crippen LogP contribution in [0.4, 0.5) is 0 Å². The lowest BCUT2D eigenvalue weighted by Gasteiger charge is -2.15. The molecule has 4 heteroatoms. The molecule has 2 aliphatic heterocycles. The van der Waals surface area contributed by atoms with Crippen LogP contribution >= 0.6 is 23.1 Å². The highest BCUT2D eigenvalue weighted by atomic mass is 32.2. The number of fused-ring (bicyclic) bond motifs is 2. The summed E-state index contributed by atoms with van der Waals surface area (Å²) >= 11 is 3.85. The van der Waals surface area contributed by atoms with E-state index in [0.717, 1.165) is 19.0 Å². The van der Waals surface area contributed by atoms with Gasteiger partial charge in [0.05, 0.1) is 17.1 Å². The van der Waals surface area contributed by atoms with E-state index in [1.54, 1.807) is 4.91 Å². The average Bonchev–Trinajstić information content (AvgIpc) is 2.93. The lowest BCUT2D eigenvalue weighted by atomic mass is 10.2. The highest BCUT2D eigenvalue weighted by molar-refractivity contribution is 8.17. The molecule has 3 aliphatic rings. The van der Waals surface area contributed by atoms with E-state index in [1.165, 1.54) is 38.7 Å². The molecular formula is C16H14N2S2. The lowest BCUT2D eigenvalue weighted by molar-refractivity contribution is 0.647. The van der Waals surface area contributed by atoms with Crippen LogP contribution in [0.1, 0.15) is 17.7 Å². The van der Waals surface area contributed by atoms with Crippen LogP contribution in [0.2, 0.25) is 0 Å². The van der Waals surface area contributed by atoms with E-state index < -0.39 is 0 Å². The Morgan fingerprint density at radius 2 is 2.10 bits per heavy atom. The first-order valence-electron chi connectivity index (χ1n) is 7.13. The van der Waals surface area contributed by atoms with Gasteiger partial charge in [0.1, 0.15) is 0 Å². The second-order valence-corrected chi connectivity index (χ2v) is 7.65. The largest absolute Gasteiger partial charge is 0.317 e. The van der Waals surface area contributed by atoms with Crippen molar-refractivity contribution in [2.24, 2.45) is 10.9 Å². The fourth-order valence-corrected chi connectivity index (χ4v) is 5.54. The Morgan fingerprint density at radius 1 is 1.20 bits per heavy atom. The molecule has 100 valence electrons. The molecule has 0 amide bonds. The number of allylic oxidation sites excluding steroid dienone is 1. The van der Waals surface area contributed by atoms with Gasteiger partial charge in [0, 0.05) is 16.1 Å². The molecule has 5 rings (SSSR count). The third-order valence-electron chi connectivity index (χ3n) is 4.11. The van der Waals surface area contributed by atoms with Gasteiger partial charge in [-0.3, -0.25) is 4.99 Å². The molecule has 3 heterocycles. The maximum Gasteiger partial charge on any atom is 0.168 e. The molecule has 0 radical (unpaired) electrons. The van der Waals surface area contributed by atoms with Crippen LogP contribution < -0.4 is 0 Å². The summed E-state index contributed by atoms with van der Waals surface area (Å²) in [6.07, 6.45) is 2.72. The molecule has 0 atom stereocenters. The minimum Gasteiger partial charge on any atom is -0.317 e. The molecule has 2 aromatic rings. The van der Waals surface area contributed by atoms with Crippen molar-refractivity contribution in [1.29, 1.82) is 0 Å². The molecule has 1 aromatic carbocycles. The molecule has 0 bridgehead atoms. The first kappa shape index (κ1) is 11.4. The molecule has 0 N–H and O–H groups in total. The standard InChI is InChI=1S/C16H14N2S2/c1-2-4-12-11(3-1)9-13(19-12)14-15(10-5-6-10)20-16-17-7-8-18(14)16/h1-4,9-10H,5-8H2. The molecule has 1 fully saturated rings. The number of hydrogen-bond acceptors (Lipinski definition) is 4. The number of aliphatic imine (C=N–C) groups is 1. The van der Waals surface area contributed by atoms with Gasteiger partial charge in [-0.15, -0.1) is 11.3 Å². The van der Waals surface area contributed by atoms with Crippen LogP contribution in [-0.2, 0) is 0 Å². The smallest absolute Gasteiger partial charge is 0.168 e. The van der Waals surface area contributed by atoms with E-state index in [1.807, 2.05) is 23.1 Å². The fourth-order valence-electron chi connectivity index (χ4n) is 2.98. The number of amidine groups is 1. The summed E-state index contributed by atoms with van der Waals surface area (Å²) in [7, 11) is 0. The Bertz CT molecular complexity index is 735. The molecule has 1 aliphatic carbocycles. The van der Waals surface area contributed by atoms with Crippen molar-refractivity contribution < 1.29 is 0 Å². The third-order valence-corrected chi connectivity index (χ3v) is 6.51. The molecule has 20 heavy (non-hydrogen) atoms. The molecule has 0 spiro atoms. The molecule has 0 saturated heterocycles. The highest BCUT2D eigenvalue weighted by Gasteiger charge is 2.40. The Hall–Kier alpha value is -1.26. The summed E-state index contributed by atoms with van der Waals surface area (Å²) in [5.41, 5.74) is 1.47. The summed E-state index contributed by atoms with van der Waals surface area (Å²) < 4.78 is 1.39. The van der Waals surface area contributed by atoms with Crippen molar-refractivity contribution in [3.63, 3.8) is 0 Å². The Kier molecular flexibility index (Phi) is 2.35. The Morgan fingerprint density at radius 3 is 2.95 bits per heavy atom. The van der Waals surface area contributed by atoms with Gasteiger partial charge < -0.3 is 4.90 Å². The van der Waals surface area contributed by atoms with Crippen LogP contribution in [0.3, 0.4) is 0 Å². The quantitative estimate of drug-likeness (QED) is 0.816. The Labute approximate surface area is 126 Å². The van der Waals surface area contributed by atoms with Crippen molar-refractivity contribution >= 4 is 44.0 Å². The van der Waals surface area contributed by atoms with Gasteiger partial charge in [-0.25, -0.2) is 0 Å². The second-order valence-electron chi connectivity index (χ2n) is 5.55. The van der Waals surface area contributed by atoms with Crippen molar-refractivity contribution in [3.05, 3.63) is 40.1 Å². The van der Waals surface area contributed by atoms with Crippen molar-refractivity contribution in [3.8, 4) is 0 Å². The summed E-state index contributed by atoms with van der Waals surface area (Å²) in [5.74, 6) is 0.800. The van der Waals surface area contributed by atoms with Gasteiger partial charge in [0.25, 0.3) is 0 Å². The zero-order valence-corrected chi connectivity index (χ0v) is 12.6. The number of thiophene rings is 1. The van der Waals surface area contributed by atoms with Gasteiger partial charge >= 0.3 is 0 Å². The van der Waals surface area contributed by atoms with Gasteiger partial charge in [-0.05, 0) is 36.3 Å². The number of thioether (sulfide) groups is 1. The molecule has 1 aromatic heterocycles. The van der Waals surface area contributed by atoms with Gasteiger partial charge in [-0.2, -0.15) is 0 Å². The van der Waals surface area contributed by atoms with Gasteiger partial charge in [-0.1, -0.05) is 30.0 Å². The van der Waals surface area contributed by atoms with Crippen LogP contribution in [0.15, 0.2) is 40.2 Å². The van der Waals surface area contributed by atoms with E-state index in [9.17, 15) is 0 Å². The zero-order valence-electron chi connectivity index (χ0n) is 11.0. The van der Waals surface area contributed by atoms with Crippen molar-refractivity contribution in [2.75, 3.05) is 13.1 Å². The number of benzene rings is 1. The SMILES string of the molecule is c1ccc2sc(C3=C(C4CC4)SC4=NCCN43)cc2c1. The minimum absolute atomic E-state index is 0.800. The lowest BCUT2D eigenvalue weighted by Crippen LogP contribution is -2.19.